The van der Waals surface area contributed by atoms with Gasteiger partial charge in [0, 0.05) is 25.9 Å². The Morgan fingerprint density at radius 2 is 1.65 bits per heavy atom. The van der Waals surface area contributed by atoms with Crippen molar-refractivity contribution in [3.05, 3.63) is 0 Å². The summed E-state index contributed by atoms with van der Waals surface area (Å²) in [5.41, 5.74) is 0. The van der Waals surface area contributed by atoms with Gasteiger partial charge in [-0.15, -0.1) is 0 Å². The number of carboxylic acids is 1. The summed E-state index contributed by atoms with van der Waals surface area (Å²) in [5.74, 6) is -1.21. The van der Waals surface area contributed by atoms with Crippen molar-refractivity contribution in [2.45, 2.75) is 53.0 Å². The first-order valence-electron chi connectivity index (χ1n) is 6.91. The molecule has 116 valence electrons. The lowest BCUT2D eigenvalue weighted by Gasteiger charge is -2.26. The fraction of sp³-hybridized carbons (Fsp3) is 0.786. The van der Waals surface area contributed by atoms with Gasteiger partial charge in [-0.2, -0.15) is 0 Å². The second-order valence-electron chi connectivity index (χ2n) is 5.85. The van der Waals surface area contributed by atoms with Crippen LogP contribution in [0.15, 0.2) is 0 Å². The first-order chi connectivity index (χ1) is 9.13. The first-order valence-corrected chi connectivity index (χ1v) is 6.91. The van der Waals surface area contributed by atoms with Crippen LogP contribution in [-0.4, -0.2) is 41.0 Å². The van der Waals surface area contributed by atoms with Crippen LogP contribution in [0.5, 0.6) is 0 Å². The summed E-state index contributed by atoms with van der Waals surface area (Å²) in [5, 5.41) is 10.9. The molecule has 0 spiro atoms. The highest BCUT2D eigenvalue weighted by Crippen LogP contribution is 2.10. The maximum atomic E-state index is 11.9. The Morgan fingerprint density at radius 1 is 1.10 bits per heavy atom. The lowest BCUT2D eigenvalue weighted by atomic mass is 10.0. The van der Waals surface area contributed by atoms with Crippen molar-refractivity contribution in [2.24, 2.45) is 11.8 Å². The average Bonchev–Trinajstić information content (AvgIpc) is 2.24. The van der Waals surface area contributed by atoms with Gasteiger partial charge < -0.3 is 10.0 Å². The molecule has 0 bridgehead atoms. The van der Waals surface area contributed by atoms with Gasteiger partial charge in [0.15, 0.2) is 0 Å². The molecule has 0 aliphatic carbocycles. The molecule has 0 aromatic carbocycles. The van der Waals surface area contributed by atoms with Gasteiger partial charge in [-0.1, -0.05) is 20.8 Å². The maximum absolute atomic E-state index is 11.9. The van der Waals surface area contributed by atoms with Crippen LogP contribution in [0.25, 0.3) is 0 Å². The Kier molecular flexibility index (Phi) is 7.87. The van der Waals surface area contributed by atoms with Gasteiger partial charge in [-0.05, 0) is 25.2 Å². The van der Waals surface area contributed by atoms with E-state index >= 15 is 0 Å². The minimum absolute atomic E-state index is 0.0322. The quantitative estimate of drug-likeness (QED) is 0.750. The zero-order chi connectivity index (χ0) is 15.9. The molecule has 6 heteroatoms. The molecule has 0 radical (unpaired) electrons. The highest BCUT2D eigenvalue weighted by molar-refractivity contribution is 5.94. The molecule has 20 heavy (non-hydrogen) atoms. The van der Waals surface area contributed by atoms with E-state index in [-0.39, 0.29) is 24.8 Å². The molecule has 0 aromatic rings. The minimum atomic E-state index is -0.945. The monoisotopic (exact) mass is 286 g/mol. The second kappa shape index (κ2) is 8.55. The van der Waals surface area contributed by atoms with Crippen LogP contribution < -0.4 is 5.32 Å². The second-order valence-corrected chi connectivity index (χ2v) is 5.85. The molecule has 0 aromatic heterocycles. The average molecular weight is 286 g/mol. The number of carbonyl (C=O) groups excluding carboxylic acids is 2. The van der Waals surface area contributed by atoms with E-state index in [0.717, 1.165) is 6.42 Å². The summed E-state index contributed by atoms with van der Waals surface area (Å²) in [6.45, 7) is 7.74. The summed E-state index contributed by atoms with van der Waals surface area (Å²) in [6, 6.07) is -0.398. The van der Waals surface area contributed by atoms with Gasteiger partial charge in [-0.3, -0.25) is 14.9 Å². The van der Waals surface area contributed by atoms with E-state index < -0.39 is 17.9 Å². The van der Waals surface area contributed by atoms with Crippen molar-refractivity contribution in [3.63, 3.8) is 0 Å². The Hall–Kier alpha value is -1.59. The van der Waals surface area contributed by atoms with Crippen LogP contribution in [-0.2, 0) is 9.59 Å². The predicted molar refractivity (Wildman–Crippen MR) is 76.3 cm³/mol. The van der Waals surface area contributed by atoms with Crippen molar-refractivity contribution in [1.29, 1.82) is 0 Å². The number of carboxylic acid groups (broad SMARTS) is 1. The van der Waals surface area contributed by atoms with Crippen LogP contribution >= 0.6 is 0 Å². The lowest BCUT2D eigenvalue weighted by Crippen LogP contribution is -2.45. The number of rotatable bonds is 7. The minimum Gasteiger partial charge on any atom is -0.481 e. The van der Waals surface area contributed by atoms with Gasteiger partial charge in [0.1, 0.15) is 0 Å². The van der Waals surface area contributed by atoms with Gasteiger partial charge in [-0.25, -0.2) is 4.79 Å². The van der Waals surface area contributed by atoms with E-state index in [4.69, 9.17) is 5.11 Å². The standard InChI is InChI=1S/C14H26N2O4/c1-9(2)6-11(4)16(5)14(20)15-12(17)7-10(3)8-13(18)19/h9-11H,6-8H2,1-5H3,(H,18,19)(H,15,17,20). The highest BCUT2D eigenvalue weighted by Gasteiger charge is 2.20. The van der Waals surface area contributed by atoms with Crippen LogP contribution in [0.4, 0.5) is 4.79 Å². The fourth-order valence-electron chi connectivity index (χ4n) is 1.99. The molecule has 0 aliphatic heterocycles. The largest absolute Gasteiger partial charge is 0.481 e. The number of imide groups is 1. The van der Waals surface area contributed by atoms with Crippen molar-refractivity contribution in [3.8, 4) is 0 Å². The number of carbonyl (C=O) groups is 3. The van der Waals surface area contributed by atoms with E-state index in [1.165, 1.54) is 4.90 Å². The van der Waals surface area contributed by atoms with Gasteiger partial charge in [0.05, 0.1) is 0 Å². The molecular weight excluding hydrogens is 260 g/mol. The third-order valence-electron chi connectivity index (χ3n) is 3.10. The van der Waals surface area contributed by atoms with Crippen molar-refractivity contribution >= 4 is 17.9 Å². The molecule has 2 atom stereocenters. The van der Waals surface area contributed by atoms with E-state index in [1.54, 1.807) is 14.0 Å². The van der Waals surface area contributed by atoms with E-state index in [9.17, 15) is 14.4 Å². The first kappa shape index (κ1) is 18.4. The van der Waals surface area contributed by atoms with Crippen LogP contribution in [0.1, 0.15) is 47.0 Å². The summed E-state index contributed by atoms with van der Waals surface area (Å²) >= 11 is 0. The number of nitrogens with one attached hydrogen (secondary N) is 1. The van der Waals surface area contributed by atoms with Crippen LogP contribution in [0.2, 0.25) is 0 Å². The smallest absolute Gasteiger partial charge is 0.324 e. The zero-order valence-corrected chi connectivity index (χ0v) is 13.0. The number of hydrogen-bond acceptors (Lipinski definition) is 3. The molecule has 2 N–H and O–H groups in total. The Labute approximate surface area is 120 Å². The molecule has 0 heterocycles. The number of nitrogens with zero attached hydrogens (tertiary/aromatic N) is 1. The van der Waals surface area contributed by atoms with Crippen LogP contribution in [0.3, 0.4) is 0 Å². The number of amides is 3. The topological polar surface area (TPSA) is 86.7 Å². The Balaban J connectivity index is 4.24. The third kappa shape index (κ3) is 7.76. The van der Waals surface area contributed by atoms with E-state index in [1.807, 2.05) is 6.92 Å². The third-order valence-corrected chi connectivity index (χ3v) is 3.10. The summed E-state index contributed by atoms with van der Waals surface area (Å²) in [6.07, 6.45) is 0.805. The molecule has 0 saturated carbocycles. The van der Waals surface area contributed by atoms with E-state index in [2.05, 4.69) is 19.2 Å². The molecule has 0 rings (SSSR count). The summed E-state index contributed by atoms with van der Waals surface area (Å²) in [7, 11) is 1.65. The normalized spacial score (nSPS) is 13.7. The Morgan fingerprint density at radius 3 is 2.10 bits per heavy atom. The molecule has 0 fully saturated rings. The van der Waals surface area contributed by atoms with Crippen molar-refractivity contribution in [1.82, 2.24) is 10.2 Å². The molecular formula is C14H26N2O4. The van der Waals surface area contributed by atoms with Gasteiger partial charge >= 0.3 is 12.0 Å². The van der Waals surface area contributed by atoms with Gasteiger partial charge in [0.25, 0.3) is 0 Å². The number of hydrogen-bond donors (Lipinski definition) is 2. The predicted octanol–water partition coefficient (Wildman–Crippen LogP) is 2.09. The Bertz CT molecular complexity index is 355. The number of urea groups is 1. The maximum Gasteiger partial charge on any atom is 0.324 e. The zero-order valence-electron chi connectivity index (χ0n) is 13.0. The fourth-order valence-corrected chi connectivity index (χ4v) is 1.99. The molecule has 0 saturated heterocycles. The molecule has 6 nitrogen and oxygen atoms in total. The van der Waals surface area contributed by atoms with Crippen LogP contribution in [0, 0.1) is 11.8 Å². The van der Waals surface area contributed by atoms with Gasteiger partial charge in [0.2, 0.25) is 5.91 Å². The summed E-state index contributed by atoms with van der Waals surface area (Å²) < 4.78 is 0. The lowest BCUT2D eigenvalue weighted by molar-refractivity contribution is -0.138. The van der Waals surface area contributed by atoms with Crippen molar-refractivity contribution < 1.29 is 19.5 Å². The molecule has 0 aliphatic rings. The van der Waals surface area contributed by atoms with Crippen molar-refractivity contribution in [2.75, 3.05) is 7.05 Å². The highest BCUT2D eigenvalue weighted by atomic mass is 16.4. The molecule has 2 unspecified atom stereocenters. The summed E-state index contributed by atoms with van der Waals surface area (Å²) in [4.78, 5) is 35.5. The number of aliphatic carboxylic acids is 1. The SMILES string of the molecule is CC(C)CC(C)N(C)C(=O)NC(=O)CC(C)CC(=O)O. The molecule has 3 amide bonds. The van der Waals surface area contributed by atoms with E-state index in [0.29, 0.717) is 5.92 Å².